The molecule has 0 spiro atoms. The van der Waals surface area contributed by atoms with E-state index < -0.39 is 0 Å². The molecule has 1 aromatic carbocycles. The highest BCUT2D eigenvalue weighted by molar-refractivity contribution is 14.0. The number of aryl methyl sites for hydroxylation is 1. The van der Waals surface area contributed by atoms with Crippen LogP contribution in [-0.2, 0) is 11.2 Å². The molecule has 0 radical (unpaired) electrons. The quantitative estimate of drug-likeness (QED) is 0.244. The zero-order valence-corrected chi connectivity index (χ0v) is 18.7. The molecule has 0 bridgehead atoms. The molecule has 0 aliphatic heterocycles. The Balaban J connectivity index is 0.00000625. The SMILES string of the molecule is CCNC(=NCCc1ccc(F)cc1C)NCCNC(=O)C(C)(C)C.I. The van der Waals surface area contributed by atoms with Crippen LogP contribution in [0.3, 0.4) is 0 Å². The molecule has 0 fully saturated rings. The van der Waals surface area contributed by atoms with Crippen molar-refractivity contribution >= 4 is 35.8 Å². The number of nitrogens with zero attached hydrogens (tertiary/aromatic N) is 1. The molecular formula is C19H32FIN4O. The van der Waals surface area contributed by atoms with Gasteiger partial charge in [-0.05, 0) is 43.5 Å². The van der Waals surface area contributed by atoms with Gasteiger partial charge in [0.25, 0.3) is 0 Å². The van der Waals surface area contributed by atoms with E-state index in [4.69, 9.17) is 0 Å². The number of hydrogen-bond acceptors (Lipinski definition) is 2. The van der Waals surface area contributed by atoms with Gasteiger partial charge in [0.15, 0.2) is 5.96 Å². The first-order chi connectivity index (χ1) is 11.7. The minimum Gasteiger partial charge on any atom is -0.357 e. The van der Waals surface area contributed by atoms with Gasteiger partial charge < -0.3 is 16.0 Å². The number of aliphatic imine (C=N–C) groups is 1. The molecule has 0 aromatic heterocycles. The Hall–Kier alpha value is -1.38. The minimum atomic E-state index is -0.383. The summed E-state index contributed by atoms with van der Waals surface area (Å²) in [4.78, 5) is 16.3. The summed E-state index contributed by atoms with van der Waals surface area (Å²) in [7, 11) is 0. The van der Waals surface area contributed by atoms with E-state index in [1.807, 2.05) is 40.7 Å². The highest BCUT2D eigenvalue weighted by Gasteiger charge is 2.20. The van der Waals surface area contributed by atoms with Crippen LogP contribution in [0.5, 0.6) is 0 Å². The first kappa shape index (κ1) is 24.6. The molecule has 1 aromatic rings. The zero-order valence-electron chi connectivity index (χ0n) is 16.4. The lowest BCUT2D eigenvalue weighted by molar-refractivity contribution is -0.128. The van der Waals surface area contributed by atoms with Crippen molar-refractivity contribution in [2.45, 2.75) is 41.0 Å². The number of benzene rings is 1. The number of rotatable bonds is 7. The predicted molar refractivity (Wildman–Crippen MR) is 117 cm³/mol. The minimum absolute atomic E-state index is 0. The van der Waals surface area contributed by atoms with E-state index in [1.165, 1.54) is 6.07 Å². The highest BCUT2D eigenvalue weighted by atomic mass is 127. The maximum absolute atomic E-state index is 13.1. The third-order valence-electron chi connectivity index (χ3n) is 3.68. The molecule has 3 N–H and O–H groups in total. The molecule has 0 unspecified atom stereocenters. The van der Waals surface area contributed by atoms with Crippen LogP contribution in [0.25, 0.3) is 0 Å². The summed E-state index contributed by atoms with van der Waals surface area (Å²) in [6.07, 6.45) is 0.753. The number of carbonyl (C=O) groups is 1. The van der Waals surface area contributed by atoms with E-state index in [2.05, 4.69) is 20.9 Å². The van der Waals surface area contributed by atoms with Crippen LogP contribution in [0.1, 0.15) is 38.8 Å². The lowest BCUT2D eigenvalue weighted by atomic mass is 9.96. The van der Waals surface area contributed by atoms with Crippen LogP contribution in [-0.4, -0.2) is 38.0 Å². The van der Waals surface area contributed by atoms with Crippen molar-refractivity contribution in [1.82, 2.24) is 16.0 Å². The largest absolute Gasteiger partial charge is 0.357 e. The summed E-state index contributed by atoms with van der Waals surface area (Å²) in [6.45, 7) is 12.1. The average Bonchev–Trinajstić information content (AvgIpc) is 2.52. The van der Waals surface area contributed by atoms with Gasteiger partial charge in [-0.1, -0.05) is 26.8 Å². The Morgan fingerprint density at radius 1 is 1.15 bits per heavy atom. The van der Waals surface area contributed by atoms with E-state index in [1.54, 1.807) is 6.07 Å². The van der Waals surface area contributed by atoms with Crippen LogP contribution in [0.2, 0.25) is 0 Å². The fourth-order valence-corrected chi connectivity index (χ4v) is 2.19. The molecule has 0 aliphatic rings. The third-order valence-corrected chi connectivity index (χ3v) is 3.68. The number of halogens is 2. The highest BCUT2D eigenvalue weighted by Crippen LogP contribution is 2.12. The van der Waals surface area contributed by atoms with Crippen molar-refractivity contribution < 1.29 is 9.18 Å². The molecule has 26 heavy (non-hydrogen) atoms. The number of carbonyl (C=O) groups excluding carboxylic acids is 1. The Morgan fingerprint density at radius 2 is 1.81 bits per heavy atom. The molecule has 0 atom stereocenters. The van der Waals surface area contributed by atoms with Crippen LogP contribution >= 0.6 is 24.0 Å². The van der Waals surface area contributed by atoms with Crippen molar-refractivity contribution in [2.75, 3.05) is 26.2 Å². The lowest BCUT2D eigenvalue weighted by Gasteiger charge is -2.18. The monoisotopic (exact) mass is 478 g/mol. The number of amides is 1. The van der Waals surface area contributed by atoms with Crippen molar-refractivity contribution in [3.63, 3.8) is 0 Å². The molecule has 7 heteroatoms. The van der Waals surface area contributed by atoms with E-state index in [9.17, 15) is 9.18 Å². The van der Waals surface area contributed by atoms with Crippen molar-refractivity contribution in [3.05, 3.63) is 35.1 Å². The van der Waals surface area contributed by atoms with E-state index in [-0.39, 0.29) is 41.1 Å². The normalized spacial score (nSPS) is 11.5. The van der Waals surface area contributed by atoms with Gasteiger partial charge in [0, 0.05) is 31.6 Å². The summed E-state index contributed by atoms with van der Waals surface area (Å²) >= 11 is 0. The van der Waals surface area contributed by atoms with Gasteiger partial charge in [-0.15, -0.1) is 24.0 Å². The second kappa shape index (κ2) is 12.1. The summed E-state index contributed by atoms with van der Waals surface area (Å²) in [5.74, 6) is 0.535. The molecule has 1 rings (SSSR count). The van der Waals surface area contributed by atoms with Crippen molar-refractivity contribution in [1.29, 1.82) is 0 Å². The molecule has 0 saturated carbocycles. The van der Waals surface area contributed by atoms with Gasteiger partial charge in [0.05, 0.1) is 0 Å². The van der Waals surface area contributed by atoms with E-state index in [0.717, 1.165) is 24.1 Å². The summed E-state index contributed by atoms with van der Waals surface area (Å²) < 4.78 is 13.1. The van der Waals surface area contributed by atoms with Crippen LogP contribution in [0.4, 0.5) is 4.39 Å². The molecule has 0 heterocycles. The first-order valence-electron chi connectivity index (χ1n) is 8.79. The van der Waals surface area contributed by atoms with Crippen LogP contribution in [0, 0.1) is 18.2 Å². The fraction of sp³-hybridized carbons (Fsp3) is 0.579. The van der Waals surface area contributed by atoms with Gasteiger partial charge in [0.1, 0.15) is 5.82 Å². The number of guanidine groups is 1. The Bertz CT molecular complexity index is 600. The molecule has 5 nitrogen and oxygen atoms in total. The zero-order chi connectivity index (χ0) is 18.9. The predicted octanol–water partition coefficient (Wildman–Crippen LogP) is 3.01. The fourth-order valence-electron chi connectivity index (χ4n) is 2.19. The van der Waals surface area contributed by atoms with Crippen LogP contribution in [0.15, 0.2) is 23.2 Å². The number of hydrogen-bond donors (Lipinski definition) is 3. The Morgan fingerprint density at radius 3 is 2.38 bits per heavy atom. The van der Waals surface area contributed by atoms with E-state index >= 15 is 0 Å². The second-order valence-corrected chi connectivity index (χ2v) is 7.01. The summed E-state index contributed by atoms with van der Waals surface area (Å²) in [6, 6.07) is 4.83. The summed E-state index contributed by atoms with van der Waals surface area (Å²) in [5, 5.41) is 9.27. The maximum Gasteiger partial charge on any atom is 0.225 e. The Kier molecular flexibility index (Phi) is 11.4. The van der Waals surface area contributed by atoms with Gasteiger partial charge in [-0.25, -0.2) is 4.39 Å². The molecule has 0 aliphatic carbocycles. The molecule has 1 amide bonds. The van der Waals surface area contributed by atoms with Gasteiger partial charge in [0.2, 0.25) is 5.91 Å². The van der Waals surface area contributed by atoms with Crippen LogP contribution < -0.4 is 16.0 Å². The lowest BCUT2D eigenvalue weighted by Crippen LogP contribution is -2.43. The van der Waals surface area contributed by atoms with Gasteiger partial charge in [-0.3, -0.25) is 9.79 Å². The van der Waals surface area contributed by atoms with Gasteiger partial charge >= 0.3 is 0 Å². The standard InChI is InChI=1S/C19H31FN4O.HI/c1-6-21-18(24-12-11-22-17(25)19(3,4)5)23-10-9-15-7-8-16(20)13-14(15)2;/h7-8,13H,6,9-12H2,1-5H3,(H,22,25)(H2,21,23,24);1H. The summed E-state index contributed by atoms with van der Waals surface area (Å²) in [5.41, 5.74) is 1.66. The average molecular weight is 478 g/mol. The Labute approximate surface area is 173 Å². The van der Waals surface area contributed by atoms with Crippen molar-refractivity contribution in [3.8, 4) is 0 Å². The molecule has 148 valence electrons. The topological polar surface area (TPSA) is 65.5 Å². The van der Waals surface area contributed by atoms with E-state index in [0.29, 0.717) is 25.6 Å². The molecular weight excluding hydrogens is 446 g/mol. The molecule has 0 saturated heterocycles. The number of nitrogens with one attached hydrogen (secondary N) is 3. The third kappa shape index (κ3) is 9.35. The van der Waals surface area contributed by atoms with Crippen molar-refractivity contribution in [2.24, 2.45) is 10.4 Å². The maximum atomic E-state index is 13.1. The smallest absolute Gasteiger partial charge is 0.225 e. The first-order valence-corrected chi connectivity index (χ1v) is 8.79. The second-order valence-electron chi connectivity index (χ2n) is 7.01. The van der Waals surface area contributed by atoms with Gasteiger partial charge in [-0.2, -0.15) is 0 Å².